The number of nitrogens with zero attached hydrogens (tertiary/aromatic N) is 3. The summed E-state index contributed by atoms with van der Waals surface area (Å²) < 4.78 is 13.0. The normalized spacial score (nSPS) is 10.7. The summed E-state index contributed by atoms with van der Waals surface area (Å²) in [6, 6.07) is 7.30. The monoisotopic (exact) mass is 290 g/mol. The van der Waals surface area contributed by atoms with E-state index in [4.69, 9.17) is 5.11 Å². The van der Waals surface area contributed by atoms with Gasteiger partial charge in [-0.05, 0) is 34.2 Å². The number of H-pyrrole nitrogens is 1. The topological polar surface area (TPSA) is 91.8 Å². The fourth-order valence-corrected chi connectivity index (χ4v) is 2.76. The number of rotatable bonds is 3. The van der Waals surface area contributed by atoms with Crippen molar-refractivity contribution in [3.05, 3.63) is 41.0 Å². The van der Waals surface area contributed by atoms with Crippen LogP contribution in [0.25, 0.3) is 21.8 Å². The van der Waals surface area contributed by atoms with Gasteiger partial charge in [-0.15, -0.1) is 16.4 Å². The molecule has 0 aliphatic rings. The average Bonchev–Trinajstić information content (AvgIpc) is 3.08. The van der Waals surface area contributed by atoms with Gasteiger partial charge in [-0.2, -0.15) is 0 Å². The van der Waals surface area contributed by atoms with Crippen LogP contribution in [0.1, 0.15) is 9.67 Å². The Bertz CT molecular complexity index is 752. The third-order valence-corrected chi connectivity index (χ3v) is 3.82. The van der Waals surface area contributed by atoms with Gasteiger partial charge in [0.25, 0.3) is 0 Å². The van der Waals surface area contributed by atoms with Crippen molar-refractivity contribution in [2.24, 2.45) is 0 Å². The fourth-order valence-electron chi connectivity index (χ4n) is 1.76. The molecule has 0 spiro atoms. The molecule has 0 atom stereocenters. The van der Waals surface area contributed by atoms with Crippen molar-refractivity contribution < 1.29 is 14.3 Å². The SMILES string of the molecule is O=C(O)c1cc(-c2nnn[nH]2)c(-c2ccc(F)cc2)s1. The number of thiophene rings is 1. The minimum Gasteiger partial charge on any atom is -0.477 e. The highest BCUT2D eigenvalue weighted by Crippen LogP contribution is 2.37. The minimum absolute atomic E-state index is 0.163. The van der Waals surface area contributed by atoms with Gasteiger partial charge in [-0.1, -0.05) is 12.1 Å². The summed E-state index contributed by atoms with van der Waals surface area (Å²) in [5, 5.41) is 22.4. The number of aromatic amines is 1. The van der Waals surface area contributed by atoms with Gasteiger partial charge in [-0.3, -0.25) is 0 Å². The van der Waals surface area contributed by atoms with E-state index in [2.05, 4.69) is 20.6 Å². The number of aromatic nitrogens is 4. The molecule has 0 amide bonds. The van der Waals surface area contributed by atoms with Crippen LogP contribution in [0.15, 0.2) is 30.3 Å². The number of carbonyl (C=O) groups is 1. The van der Waals surface area contributed by atoms with Crippen LogP contribution in [-0.2, 0) is 0 Å². The second-order valence-corrected chi connectivity index (χ2v) is 4.97. The molecule has 2 heterocycles. The molecule has 0 aliphatic carbocycles. The van der Waals surface area contributed by atoms with Gasteiger partial charge in [0.05, 0.1) is 0 Å². The first kappa shape index (κ1) is 12.4. The average molecular weight is 290 g/mol. The van der Waals surface area contributed by atoms with Crippen LogP contribution < -0.4 is 0 Å². The minimum atomic E-state index is -1.03. The highest BCUT2D eigenvalue weighted by atomic mass is 32.1. The van der Waals surface area contributed by atoms with Gasteiger partial charge >= 0.3 is 5.97 Å². The van der Waals surface area contributed by atoms with E-state index in [9.17, 15) is 9.18 Å². The molecule has 3 rings (SSSR count). The summed E-state index contributed by atoms with van der Waals surface area (Å²) in [4.78, 5) is 11.9. The lowest BCUT2D eigenvalue weighted by molar-refractivity contribution is 0.0702. The second kappa shape index (κ2) is 4.82. The largest absolute Gasteiger partial charge is 0.477 e. The lowest BCUT2D eigenvalue weighted by atomic mass is 10.1. The highest BCUT2D eigenvalue weighted by Gasteiger charge is 2.18. The first-order valence-electron chi connectivity index (χ1n) is 5.52. The highest BCUT2D eigenvalue weighted by molar-refractivity contribution is 7.17. The maximum atomic E-state index is 13.0. The number of tetrazole rings is 1. The molecule has 20 heavy (non-hydrogen) atoms. The van der Waals surface area contributed by atoms with E-state index in [1.54, 1.807) is 12.1 Å². The molecule has 0 bridgehead atoms. The second-order valence-electron chi connectivity index (χ2n) is 3.92. The van der Waals surface area contributed by atoms with Gasteiger partial charge < -0.3 is 5.11 Å². The first-order valence-corrected chi connectivity index (χ1v) is 6.34. The van der Waals surface area contributed by atoms with E-state index in [1.807, 2.05) is 0 Å². The molecule has 0 radical (unpaired) electrons. The molecule has 0 saturated carbocycles. The van der Waals surface area contributed by atoms with Crippen LogP contribution in [0.3, 0.4) is 0 Å². The molecule has 8 heteroatoms. The van der Waals surface area contributed by atoms with Gasteiger partial charge in [0.15, 0.2) is 5.82 Å². The zero-order valence-electron chi connectivity index (χ0n) is 9.87. The van der Waals surface area contributed by atoms with Crippen molar-refractivity contribution in [3.8, 4) is 21.8 Å². The Morgan fingerprint density at radius 1 is 1.30 bits per heavy atom. The third-order valence-electron chi connectivity index (χ3n) is 2.65. The quantitative estimate of drug-likeness (QED) is 0.773. The molecule has 3 aromatic rings. The Kier molecular flexibility index (Phi) is 2.99. The molecule has 6 nitrogen and oxygen atoms in total. The molecular weight excluding hydrogens is 283 g/mol. The van der Waals surface area contributed by atoms with E-state index < -0.39 is 5.97 Å². The molecule has 0 saturated heterocycles. The smallest absolute Gasteiger partial charge is 0.345 e. The zero-order valence-corrected chi connectivity index (χ0v) is 10.7. The molecule has 0 unspecified atom stereocenters. The fraction of sp³-hybridized carbons (Fsp3) is 0. The number of carboxylic acid groups (broad SMARTS) is 1. The van der Waals surface area contributed by atoms with Crippen molar-refractivity contribution in [1.29, 1.82) is 0 Å². The maximum absolute atomic E-state index is 13.0. The number of aromatic carboxylic acids is 1. The Balaban J connectivity index is 2.18. The van der Waals surface area contributed by atoms with E-state index in [1.165, 1.54) is 18.2 Å². The zero-order chi connectivity index (χ0) is 14.1. The molecule has 2 N–H and O–H groups in total. The number of hydrogen-bond acceptors (Lipinski definition) is 5. The lowest BCUT2D eigenvalue weighted by Gasteiger charge is -2.00. The lowest BCUT2D eigenvalue weighted by Crippen LogP contribution is -1.90. The van der Waals surface area contributed by atoms with Gasteiger partial charge in [-0.25, -0.2) is 14.3 Å². The van der Waals surface area contributed by atoms with Gasteiger partial charge in [0, 0.05) is 10.4 Å². The standard InChI is InChI=1S/C12H7FN4O2S/c13-7-3-1-6(2-4-7)10-8(11-14-16-17-15-11)5-9(20-10)12(18)19/h1-5H,(H,18,19)(H,14,15,16,17). The predicted molar refractivity (Wildman–Crippen MR) is 69.8 cm³/mol. The summed E-state index contributed by atoms with van der Waals surface area (Å²) in [6.45, 7) is 0. The Labute approximate surface area is 115 Å². The van der Waals surface area contributed by atoms with E-state index in [-0.39, 0.29) is 10.7 Å². The predicted octanol–water partition coefficient (Wildman–Crippen LogP) is 2.43. The van der Waals surface area contributed by atoms with E-state index in [0.717, 1.165) is 11.3 Å². The Hall–Kier alpha value is -2.61. The molecule has 1 aromatic carbocycles. The van der Waals surface area contributed by atoms with Crippen LogP contribution in [0, 0.1) is 5.82 Å². The van der Waals surface area contributed by atoms with Crippen molar-refractivity contribution >= 4 is 17.3 Å². The van der Waals surface area contributed by atoms with Gasteiger partial charge in [0.1, 0.15) is 10.7 Å². The molecule has 100 valence electrons. The van der Waals surface area contributed by atoms with E-state index >= 15 is 0 Å². The molecule has 2 aromatic heterocycles. The Morgan fingerprint density at radius 2 is 2.05 bits per heavy atom. The van der Waals surface area contributed by atoms with Crippen LogP contribution in [-0.4, -0.2) is 31.7 Å². The summed E-state index contributed by atoms with van der Waals surface area (Å²) in [7, 11) is 0. The number of halogens is 1. The molecular formula is C12H7FN4O2S. The van der Waals surface area contributed by atoms with Crippen molar-refractivity contribution in [3.63, 3.8) is 0 Å². The van der Waals surface area contributed by atoms with E-state index in [0.29, 0.717) is 21.8 Å². The third kappa shape index (κ3) is 2.16. The van der Waals surface area contributed by atoms with Crippen LogP contribution >= 0.6 is 11.3 Å². The van der Waals surface area contributed by atoms with Gasteiger partial charge in [0.2, 0.25) is 0 Å². The molecule has 0 fully saturated rings. The maximum Gasteiger partial charge on any atom is 0.345 e. The van der Waals surface area contributed by atoms with Crippen LogP contribution in [0.2, 0.25) is 0 Å². The number of carboxylic acids is 1. The Morgan fingerprint density at radius 3 is 2.65 bits per heavy atom. The number of hydrogen-bond donors (Lipinski definition) is 2. The summed E-state index contributed by atoms with van der Waals surface area (Å²) in [6.07, 6.45) is 0. The van der Waals surface area contributed by atoms with Crippen molar-refractivity contribution in [1.82, 2.24) is 20.6 Å². The summed E-state index contributed by atoms with van der Waals surface area (Å²) >= 11 is 1.09. The summed E-state index contributed by atoms with van der Waals surface area (Å²) in [5.41, 5.74) is 1.28. The first-order chi connectivity index (χ1) is 9.65. The van der Waals surface area contributed by atoms with Crippen molar-refractivity contribution in [2.75, 3.05) is 0 Å². The number of nitrogens with one attached hydrogen (secondary N) is 1. The number of benzene rings is 1. The van der Waals surface area contributed by atoms with Crippen molar-refractivity contribution in [2.45, 2.75) is 0 Å². The summed E-state index contributed by atoms with van der Waals surface area (Å²) in [5.74, 6) is -1.02. The van der Waals surface area contributed by atoms with Crippen LogP contribution in [0.4, 0.5) is 4.39 Å². The molecule has 0 aliphatic heterocycles. The van der Waals surface area contributed by atoms with Crippen LogP contribution in [0.5, 0.6) is 0 Å².